The van der Waals surface area contributed by atoms with Crippen molar-refractivity contribution in [1.29, 1.82) is 0 Å². The Morgan fingerprint density at radius 3 is 2.60 bits per heavy atom. The molecule has 2 amide bonds. The molecule has 30 heavy (non-hydrogen) atoms. The van der Waals surface area contributed by atoms with E-state index in [0.29, 0.717) is 11.6 Å². The van der Waals surface area contributed by atoms with Gasteiger partial charge >= 0.3 is 6.18 Å². The lowest BCUT2D eigenvalue weighted by atomic mass is 9.83. The second-order valence-electron chi connectivity index (χ2n) is 7.69. The molecule has 2 heterocycles. The van der Waals surface area contributed by atoms with Gasteiger partial charge in [-0.3, -0.25) is 14.9 Å². The number of nitrogens with one attached hydrogen (secondary N) is 3. The number of hydrogen-bond acceptors (Lipinski definition) is 3. The molecule has 3 unspecified atom stereocenters. The average molecular weight is 431 g/mol. The second-order valence-corrected chi connectivity index (χ2v) is 7.69. The number of piperidine rings is 1. The van der Waals surface area contributed by atoms with Crippen LogP contribution in [0.2, 0.25) is 0 Å². The molecule has 0 spiro atoms. The summed E-state index contributed by atoms with van der Waals surface area (Å²) in [6.07, 6.45) is -4.74. The Morgan fingerprint density at radius 1 is 1.27 bits per heavy atom. The molecule has 1 aromatic carbocycles. The fourth-order valence-electron chi connectivity index (χ4n) is 4.00. The van der Waals surface area contributed by atoms with E-state index >= 15 is 0 Å². The van der Waals surface area contributed by atoms with Gasteiger partial charge in [0, 0.05) is 29.3 Å². The van der Waals surface area contributed by atoms with Gasteiger partial charge in [0.05, 0.1) is 12.5 Å². The Kier molecular flexibility index (Phi) is 6.16. The Bertz CT molecular complexity index is 884. The van der Waals surface area contributed by atoms with Crippen LogP contribution in [0.5, 0.6) is 0 Å². The van der Waals surface area contributed by atoms with Crippen LogP contribution in [0.4, 0.5) is 22.0 Å². The first-order chi connectivity index (χ1) is 14.0. The maximum Gasteiger partial charge on any atom is 0.403 e. The molecule has 2 aliphatic heterocycles. The van der Waals surface area contributed by atoms with E-state index in [1.165, 1.54) is 19.9 Å². The van der Waals surface area contributed by atoms with Crippen LogP contribution in [-0.4, -0.2) is 36.1 Å². The molecule has 1 saturated heterocycles. The predicted molar refractivity (Wildman–Crippen MR) is 98.2 cm³/mol. The zero-order valence-electron chi connectivity index (χ0n) is 16.4. The molecular weight excluding hydrogens is 409 g/mol. The average Bonchev–Trinajstić information content (AvgIpc) is 2.63. The van der Waals surface area contributed by atoms with Crippen molar-refractivity contribution in [3.05, 3.63) is 46.5 Å². The molecule has 10 heteroatoms. The van der Waals surface area contributed by atoms with E-state index in [2.05, 4.69) is 16.0 Å². The van der Waals surface area contributed by atoms with Crippen molar-refractivity contribution in [3.8, 4) is 0 Å². The number of amides is 2. The zero-order valence-corrected chi connectivity index (χ0v) is 16.4. The molecule has 0 radical (unpaired) electrons. The maximum absolute atomic E-state index is 13.9. The molecular formula is C20H22F5N3O2. The molecule has 1 aromatic rings. The van der Waals surface area contributed by atoms with E-state index in [1.807, 2.05) is 0 Å². The molecule has 4 atom stereocenters. The van der Waals surface area contributed by atoms with Crippen LogP contribution in [0.3, 0.4) is 0 Å². The van der Waals surface area contributed by atoms with Gasteiger partial charge in [-0.1, -0.05) is 6.07 Å². The molecule has 2 aliphatic rings. The van der Waals surface area contributed by atoms with Crippen molar-refractivity contribution in [2.75, 3.05) is 0 Å². The normalized spacial score (nSPS) is 25.4. The number of halogens is 5. The summed E-state index contributed by atoms with van der Waals surface area (Å²) in [6, 6.07) is -0.699. The topological polar surface area (TPSA) is 70.2 Å². The first-order valence-corrected chi connectivity index (χ1v) is 9.55. The van der Waals surface area contributed by atoms with Crippen LogP contribution in [0.25, 0.3) is 0 Å². The van der Waals surface area contributed by atoms with Crippen molar-refractivity contribution >= 4 is 11.8 Å². The van der Waals surface area contributed by atoms with Gasteiger partial charge in [0.2, 0.25) is 11.8 Å². The molecule has 0 aromatic heterocycles. The molecule has 1 fully saturated rings. The molecule has 5 nitrogen and oxygen atoms in total. The van der Waals surface area contributed by atoms with E-state index in [9.17, 15) is 31.5 Å². The maximum atomic E-state index is 13.9. The smallest absolute Gasteiger partial charge is 0.349 e. The molecule has 0 saturated carbocycles. The highest BCUT2D eigenvalue weighted by molar-refractivity contribution is 6.00. The van der Waals surface area contributed by atoms with Crippen LogP contribution in [0.1, 0.15) is 44.7 Å². The standard InChI is InChI=1S/C20H22F5N3O2/c1-9-13(8-17(29)26-10(2)12-4-3-11(21)7-14(12)22)19(30)27-15-5-6-16(20(23,24)25)28-18(9)15/h3-4,7,10,15-16,18,28H,5-6,8H2,1-2H3,(H,26,29)(H,27,30)/t10-,15?,16?,18?/m0/s1. The highest BCUT2D eigenvalue weighted by atomic mass is 19.4. The Balaban J connectivity index is 1.72. The Labute approximate surface area is 170 Å². The van der Waals surface area contributed by atoms with E-state index in [-0.39, 0.29) is 30.4 Å². The number of carbonyl (C=O) groups is 2. The lowest BCUT2D eigenvalue weighted by Gasteiger charge is -2.42. The summed E-state index contributed by atoms with van der Waals surface area (Å²) in [7, 11) is 0. The summed E-state index contributed by atoms with van der Waals surface area (Å²) in [5.41, 5.74) is 0.537. The van der Waals surface area contributed by atoms with Gasteiger partial charge in [-0.25, -0.2) is 8.78 Å². The van der Waals surface area contributed by atoms with Crippen LogP contribution in [-0.2, 0) is 9.59 Å². The fourth-order valence-corrected chi connectivity index (χ4v) is 4.00. The van der Waals surface area contributed by atoms with Gasteiger partial charge in [-0.15, -0.1) is 0 Å². The zero-order chi connectivity index (χ0) is 22.2. The van der Waals surface area contributed by atoms with Gasteiger partial charge in [-0.05, 0) is 38.3 Å². The molecule has 0 aliphatic carbocycles. The summed E-state index contributed by atoms with van der Waals surface area (Å²) in [6.45, 7) is 3.04. The van der Waals surface area contributed by atoms with Crippen molar-refractivity contribution in [1.82, 2.24) is 16.0 Å². The van der Waals surface area contributed by atoms with E-state index < -0.39 is 53.8 Å². The minimum Gasteiger partial charge on any atom is -0.349 e. The predicted octanol–water partition coefficient (Wildman–Crippen LogP) is 3.03. The van der Waals surface area contributed by atoms with Gasteiger partial charge in [-0.2, -0.15) is 13.2 Å². The monoisotopic (exact) mass is 431 g/mol. The third-order valence-electron chi connectivity index (χ3n) is 5.62. The lowest BCUT2D eigenvalue weighted by Crippen LogP contribution is -2.63. The Morgan fingerprint density at radius 2 is 1.97 bits per heavy atom. The third kappa shape index (κ3) is 4.63. The highest BCUT2D eigenvalue weighted by Gasteiger charge is 2.47. The fraction of sp³-hybridized carbons (Fsp3) is 0.500. The summed E-state index contributed by atoms with van der Waals surface area (Å²) in [5, 5.41) is 7.74. The third-order valence-corrected chi connectivity index (χ3v) is 5.62. The quantitative estimate of drug-likeness (QED) is 0.642. The van der Waals surface area contributed by atoms with E-state index in [4.69, 9.17) is 0 Å². The summed E-state index contributed by atoms with van der Waals surface area (Å²) < 4.78 is 66.2. The number of fused-ring (bicyclic) bond motifs is 1. The number of alkyl halides is 3. The summed E-state index contributed by atoms with van der Waals surface area (Å²) in [4.78, 5) is 24.8. The van der Waals surface area contributed by atoms with Crippen molar-refractivity contribution < 1.29 is 31.5 Å². The lowest BCUT2D eigenvalue weighted by molar-refractivity contribution is -0.163. The summed E-state index contributed by atoms with van der Waals surface area (Å²) in [5.74, 6) is -2.67. The van der Waals surface area contributed by atoms with Gasteiger partial charge in [0.1, 0.15) is 17.7 Å². The van der Waals surface area contributed by atoms with Crippen molar-refractivity contribution in [2.45, 2.75) is 63.5 Å². The second kappa shape index (κ2) is 8.33. The number of rotatable bonds is 4. The molecule has 164 valence electrons. The summed E-state index contributed by atoms with van der Waals surface area (Å²) >= 11 is 0. The van der Waals surface area contributed by atoms with Gasteiger partial charge in [0.25, 0.3) is 0 Å². The molecule has 3 rings (SSSR count). The van der Waals surface area contributed by atoms with Crippen LogP contribution in [0.15, 0.2) is 29.3 Å². The number of hydrogen-bond donors (Lipinski definition) is 3. The highest BCUT2D eigenvalue weighted by Crippen LogP contribution is 2.33. The minimum absolute atomic E-state index is 0.0746. The van der Waals surface area contributed by atoms with E-state index in [0.717, 1.165) is 6.07 Å². The van der Waals surface area contributed by atoms with Gasteiger partial charge in [0.15, 0.2) is 0 Å². The SMILES string of the molecule is CC1=C(CC(=O)N[C@@H](C)c2ccc(F)cc2F)C(=O)NC2CCC(C(F)(F)F)NC12. The first-order valence-electron chi connectivity index (χ1n) is 9.55. The van der Waals surface area contributed by atoms with Crippen molar-refractivity contribution in [2.24, 2.45) is 0 Å². The van der Waals surface area contributed by atoms with Crippen LogP contribution < -0.4 is 16.0 Å². The largest absolute Gasteiger partial charge is 0.403 e. The van der Waals surface area contributed by atoms with E-state index in [1.54, 1.807) is 0 Å². The van der Waals surface area contributed by atoms with Gasteiger partial charge < -0.3 is 10.6 Å². The molecule has 3 N–H and O–H groups in total. The van der Waals surface area contributed by atoms with Crippen LogP contribution >= 0.6 is 0 Å². The minimum atomic E-state index is -4.40. The molecule has 0 bridgehead atoms. The Hall–Kier alpha value is -2.49. The van der Waals surface area contributed by atoms with Crippen LogP contribution in [0, 0.1) is 11.6 Å². The number of benzene rings is 1. The first kappa shape index (κ1) is 22.2. The van der Waals surface area contributed by atoms with Crippen molar-refractivity contribution in [3.63, 3.8) is 0 Å². The number of carbonyl (C=O) groups excluding carboxylic acids is 2.